The number of rotatable bonds is 5. The molecule has 1 saturated carbocycles. The van der Waals surface area contributed by atoms with Gasteiger partial charge in [-0.3, -0.25) is 4.90 Å². The largest absolute Gasteiger partial charge is 0.392 e. The molecule has 1 fully saturated rings. The summed E-state index contributed by atoms with van der Waals surface area (Å²) in [5, 5.41) is 11.4. The van der Waals surface area contributed by atoms with Gasteiger partial charge in [-0.2, -0.15) is 0 Å². The molecule has 0 saturated heterocycles. The molecule has 2 aliphatic heterocycles. The van der Waals surface area contributed by atoms with Gasteiger partial charge in [-0.05, 0) is 112 Å². The monoisotopic (exact) mass is 409 g/mol. The van der Waals surface area contributed by atoms with Crippen LogP contribution < -0.4 is 0 Å². The minimum atomic E-state index is -0.352. The number of hydrogen-bond acceptors (Lipinski definition) is 2. The van der Waals surface area contributed by atoms with Gasteiger partial charge in [0.2, 0.25) is 0 Å². The Bertz CT molecular complexity index is 844. The standard InChI is InChI=1S/C28H43NO/c1-8-27(6,7)25-19(3)16-28(21(5)30)13-14-29(17-22-10-11-22)24(25)15-23-12-9-18(2)20(4)26(23)28/h9,12,21-22,24,30H,8,10-11,13-17H2,1-7H3/b25-19+. The van der Waals surface area contributed by atoms with E-state index in [0.29, 0.717) is 6.04 Å². The Morgan fingerprint density at radius 3 is 2.50 bits per heavy atom. The number of hydrogen-bond donors (Lipinski definition) is 1. The molecule has 3 atom stereocenters. The van der Waals surface area contributed by atoms with Crippen molar-refractivity contribution in [3.8, 4) is 0 Å². The smallest absolute Gasteiger partial charge is 0.0612 e. The lowest BCUT2D eigenvalue weighted by Crippen LogP contribution is -2.53. The molecule has 4 aliphatic rings. The molecule has 2 nitrogen and oxygen atoms in total. The summed E-state index contributed by atoms with van der Waals surface area (Å²) in [6.07, 6.45) is 6.75. The fraction of sp³-hybridized carbons (Fsp3) is 0.714. The minimum absolute atomic E-state index is 0.183. The van der Waals surface area contributed by atoms with Crippen molar-refractivity contribution in [1.29, 1.82) is 0 Å². The van der Waals surface area contributed by atoms with E-state index in [4.69, 9.17) is 0 Å². The normalized spacial score (nSPS) is 31.1. The van der Waals surface area contributed by atoms with Crippen LogP contribution in [0.2, 0.25) is 0 Å². The molecule has 1 N–H and O–H groups in total. The Balaban J connectivity index is 1.97. The number of nitrogens with zero attached hydrogens (tertiary/aromatic N) is 1. The third-order valence-corrected chi connectivity index (χ3v) is 9.00. The molecule has 0 aromatic heterocycles. The van der Waals surface area contributed by atoms with Crippen LogP contribution in [0.3, 0.4) is 0 Å². The van der Waals surface area contributed by atoms with Gasteiger partial charge in [0.25, 0.3) is 0 Å². The zero-order valence-electron chi connectivity index (χ0n) is 20.4. The Hall–Kier alpha value is -1.12. The van der Waals surface area contributed by atoms with Crippen LogP contribution in [-0.4, -0.2) is 35.2 Å². The van der Waals surface area contributed by atoms with Gasteiger partial charge in [-0.1, -0.05) is 38.5 Å². The van der Waals surface area contributed by atoms with Crippen LogP contribution in [0, 0.1) is 25.2 Å². The summed E-state index contributed by atoms with van der Waals surface area (Å²) in [4.78, 5) is 2.82. The molecule has 0 spiro atoms. The maximum atomic E-state index is 11.4. The third kappa shape index (κ3) is 3.58. The second-order valence-electron chi connectivity index (χ2n) is 11.4. The molecule has 30 heavy (non-hydrogen) atoms. The van der Waals surface area contributed by atoms with Crippen LogP contribution in [0.5, 0.6) is 0 Å². The molecule has 2 aliphatic carbocycles. The first-order valence-corrected chi connectivity index (χ1v) is 12.3. The Labute approximate surface area is 184 Å². The van der Waals surface area contributed by atoms with Gasteiger partial charge in [0.05, 0.1) is 6.10 Å². The van der Waals surface area contributed by atoms with Gasteiger partial charge < -0.3 is 5.11 Å². The quantitative estimate of drug-likeness (QED) is 0.594. The summed E-state index contributed by atoms with van der Waals surface area (Å²) < 4.78 is 0. The van der Waals surface area contributed by atoms with Gasteiger partial charge in [-0.15, -0.1) is 0 Å². The van der Waals surface area contributed by atoms with E-state index in [1.54, 1.807) is 11.1 Å². The number of fused-ring (bicyclic) bond motifs is 3. The molecular formula is C28H43NO. The minimum Gasteiger partial charge on any atom is -0.392 e. The highest BCUT2D eigenvalue weighted by atomic mass is 16.3. The van der Waals surface area contributed by atoms with E-state index in [2.05, 4.69) is 65.5 Å². The second kappa shape index (κ2) is 7.78. The first kappa shape index (κ1) is 22.1. The number of allylic oxidation sites excluding steroid dienone is 1. The van der Waals surface area contributed by atoms with Gasteiger partial charge in [0, 0.05) is 18.0 Å². The SMILES string of the molecule is CCC(C)(C)/C1=C(\C)CC2(C(C)O)CCN(CC3CC3)C1Cc1ccc(C)c(C)c12. The predicted molar refractivity (Wildman–Crippen MR) is 127 cm³/mol. The molecule has 166 valence electrons. The fourth-order valence-corrected chi connectivity index (χ4v) is 6.65. The highest BCUT2D eigenvalue weighted by Gasteiger charge is 2.48. The summed E-state index contributed by atoms with van der Waals surface area (Å²) in [5.74, 6) is 0.887. The number of benzene rings is 1. The van der Waals surface area contributed by atoms with Crippen LogP contribution in [0.1, 0.15) is 89.0 Å². The molecule has 2 heterocycles. The summed E-state index contributed by atoms with van der Waals surface area (Å²) in [5.41, 5.74) is 8.95. The van der Waals surface area contributed by atoms with Crippen molar-refractivity contribution in [1.82, 2.24) is 4.90 Å². The zero-order valence-corrected chi connectivity index (χ0v) is 20.4. The molecule has 3 unspecified atom stereocenters. The van der Waals surface area contributed by atoms with Gasteiger partial charge >= 0.3 is 0 Å². The van der Waals surface area contributed by atoms with E-state index in [-0.39, 0.29) is 16.9 Å². The lowest BCUT2D eigenvalue weighted by molar-refractivity contribution is 0.0600. The maximum absolute atomic E-state index is 11.4. The topological polar surface area (TPSA) is 23.5 Å². The number of aliphatic hydroxyl groups is 1. The van der Waals surface area contributed by atoms with Crippen molar-refractivity contribution in [3.63, 3.8) is 0 Å². The van der Waals surface area contributed by atoms with Crippen LogP contribution >= 0.6 is 0 Å². The lowest BCUT2D eigenvalue weighted by Gasteiger charge is -2.51. The van der Waals surface area contributed by atoms with Crippen molar-refractivity contribution < 1.29 is 5.11 Å². The summed E-state index contributed by atoms with van der Waals surface area (Å²) in [6, 6.07) is 5.20. The highest BCUT2D eigenvalue weighted by Crippen LogP contribution is 2.51. The first-order chi connectivity index (χ1) is 14.1. The van der Waals surface area contributed by atoms with E-state index in [0.717, 1.165) is 38.1 Å². The van der Waals surface area contributed by atoms with E-state index >= 15 is 0 Å². The molecule has 1 aromatic rings. The van der Waals surface area contributed by atoms with Gasteiger partial charge in [0.15, 0.2) is 0 Å². The molecular weight excluding hydrogens is 366 g/mol. The van der Waals surface area contributed by atoms with Crippen LogP contribution in [0.15, 0.2) is 23.3 Å². The maximum Gasteiger partial charge on any atom is 0.0612 e. The van der Waals surface area contributed by atoms with Gasteiger partial charge in [-0.25, -0.2) is 0 Å². The van der Waals surface area contributed by atoms with E-state index in [1.807, 2.05) is 0 Å². The zero-order chi connectivity index (χ0) is 21.8. The molecule has 2 heteroatoms. The van der Waals surface area contributed by atoms with E-state index in [1.165, 1.54) is 41.6 Å². The number of aryl methyl sites for hydroxylation is 1. The van der Waals surface area contributed by atoms with Crippen molar-refractivity contribution in [3.05, 3.63) is 45.5 Å². The summed E-state index contributed by atoms with van der Waals surface area (Å²) >= 11 is 0. The van der Waals surface area contributed by atoms with E-state index < -0.39 is 0 Å². The van der Waals surface area contributed by atoms with Crippen molar-refractivity contribution in [2.75, 3.05) is 13.1 Å². The summed E-state index contributed by atoms with van der Waals surface area (Å²) in [6.45, 7) is 18.5. The second-order valence-corrected chi connectivity index (χ2v) is 11.4. The van der Waals surface area contributed by atoms with Crippen LogP contribution in [0.4, 0.5) is 0 Å². The lowest BCUT2D eigenvalue weighted by atomic mass is 9.60. The molecule has 1 aromatic carbocycles. The van der Waals surface area contributed by atoms with Crippen LogP contribution in [0.25, 0.3) is 0 Å². The molecule has 0 amide bonds. The Morgan fingerprint density at radius 2 is 1.90 bits per heavy atom. The number of aliphatic hydroxyl groups excluding tert-OH is 1. The van der Waals surface area contributed by atoms with Crippen molar-refractivity contribution in [2.45, 2.75) is 105 Å². The molecule has 5 rings (SSSR count). The molecule has 0 radical (unpaired) electrons. The Kier molecular flexibility index (Phi) is 5.73. The first-order valence-electron chi connectivity index (χ1n) is 12.3. The molecule has 2 bridgehead atoms. The van der Waals surface area contributed by atoms with Gasteiger partial charge in [0.1, 0.15) is 0 Å². The summed E-state index contributed by atoms with van der Waals surface area (Å²) in [7, 11) is 0. The highest BCUT2D eigenvalue weighted by molar-refractivity contribution is 5.50. The fourth-order valence-electron chi connectivity index (χ4n) is 6.65. The average molecular weight is 410 g/mol. The predicted octanol–water partition coefficient (Wildman–Crippen LogP) is 6.11. The average Bonchev–Trinajstić information content (AvgIpc) is 3.47. The van der Waals surface area contributed by atoms with E-state index in [9.17, 15) is 5.11 Å². The Morgan fingerprint density at radius 1 is 1.20 bits per heavy atom. The third-order valence-electron chi connectivity index (χ3n) is 9.00. The van der Waals surface area contributed by atoms with Crippen LogP contribution in [-0.2, 0) is 11.8 Å². The van der Waals surface area contributed by atoms with Crippen molar-refractivity contribution in [2.24, 2.45) is 11.3 Å². The van der Waals surface area contributed by atoms with Crippen molar-refractivity contribution >= 4 is 0 Å².